The molecule has 0 atom stereocenters. The van der Waals surface area contributed by atoms with E-state index in [0.717, 1.165) is 19.1 Å². The van der Waals surface area contributed by atoms with E-state index in [4.69, 9.17) is 4.74 Å². The molecule has 0 aromatic carbocycles. The molecule has 16 heavy (non-hydrogen) atoms. The van der Waals surface area contributed by atoms with Crippen LogP contribution in [-0.4, -0.2) is 39.9 Å². The van der Waals surface area contributed by atoms with Crippen molar-refractivity contribution in [3.05, 3.63) is 0 Å². The molecule has 0 spiro atoms. The van der Waals surface area contributed by atoms with Crippen LogP contribution < -0.4 is 10.6 Å². The summed E-state index contributed by atoms with van der Waals surface area (Å²) in [5, 5.41) is 6.94. The summed E-state index contributed by atoms with van der Waals surface area (Å²) in [6.45, 7) is 5.53. The zero-order chi connectivity index (χ0) is 11.3. The second-order valence-corrected chi connectivity index (χ2v) is 5.55. The Morgan fingerprint density at radius 3 is 2.56 bits per heavy atom. The minimum absolute atomic E-state index is 0.602. The third kappa shape index (κ3) is 3.72. The molecule has 2 aliphatic rings. The van der Waals surface area contributed by atoms with Gasteiger partial charge in [-0.1, -0.05) is 0 Å². The average Bonchev–Trinajstić information content (AvgIpc) is 3.07. The molecule has 2 fully saturated rings. The molecule has 2 N–H and O–H groups in total. The van der Waals surface area contributed by atoms with Crippen LogP contribution in [0.15, 0.2) is 0 Å². The predicted octanol–water partition coefficient (Wildman–Crippen LogP) is 1.39. The van der Waals surface area contributed by atoms with Gasteiger partial charge in [-0.2, -0.15) is 0 Å². The second kappa shape index (κ2) is 5.99. The summed E-state index contributed by atoms with van der Waals surface area (Å²) in [6, 6.07) is 0. The van der Waals surface area contributed by atoms with Crippen molar-refractivity contribution in [3.8, 4) is 0 Å². The van der Waals surface area contributed by atoms with Crippen molar-refractivity contribution in [2.24, 2.45) is 11.3 Å². The molecule has 0 radical (unpaired) electrons. The van der Waals surface area contributed by atoms with E-state index in [1.165, 1.54) is 51.7 Å². The van der Waals surface area contributed by atoms with Gasteiger partial charge < -0.3 is 15.4 Å². The van der Waals surface area contributed by atoms with Gasteiger partial charge in [-0.3, -0.25) is 0 Å². The number of hydrogen-bond acceptors (Lipinski definition) is 3. The lowest BCUT2D eigenvalue weighted by Gasteiger charge is -2.22. The summed E-state index contributed by atoms with van der Waals surface area (Å²) in [6.07, 6.45) is 6.67. The Kier molecular flexibility index (Phi) is 4.62. The van der Waals surface area contributed by atoms with Crippen molar-refractivity contribution >= 4 is 0 Å². The van der Waals surface area contributed by atoms with E-state index in [1.807, 2.05) is 0 Å². The largest absolute Gasteiger partial charge is 0.381 e. The molecule has 1 aliphatic carbocycles. The Morgan fingerprint density at radius 2 is 1.94 bits per heavy atom. The van der Waals surface area contributed by atoms with Crippen LogP contribution in [-0.2, 0) is 4.74 Å². The number of nitrogens with one attached hydrogen (secondary N) is 2. The average molecular weight is 226 g/mol. The summed E-state index contributed by atoms with van der Waals surface area (Å²) in [4.78, 5) is 0. The van der Waals surface area contributed by atoms with Crippen LogP contribution in [0.5, 0.6) is 0 Å². The SMILES string of the molecule is CNCC1(CNCCC2CCOCC2)CC1. The number of ether oxygens (including phenoxy) is 1. The first-order valence-corrected chi connectivity index (χ1v) is 6.78. The molecule has 0 amide bonds. The molecule has 1 aliphatic heterocycles. The van der Waals surface area contributed by atoms with Crippen molar-refractivity contribution in [3.63, 3.8) is 0 Å². The van der Waals surface area contributed by atoms with Crippen LogP contribution in [0.2, 0.25) is 0 Å². The number of hydrogen-bond donors (Lipinski definition) is 2. The lowest BCUT2D eigenvalue weighted by Crippen LogP contribution is -2.32. The van der Waals surface area contributed by atoms with Crippen LogP contribution >= 0.6 is 0 Å². The summed E-state index contributed by atoms with van der Waals surface area (Å²) in [5.41, 5.74) is 0.602. The van der Waals surface area contributed by atoms with Gasteiger partial charge in [0.15, 0.2) is 0 Å². The standard InChI is InChI=1S/C13H26N2O/c1-14-10-13(5-6-13)11-15-7-2-12-3-8-16-9-4-12/h12,14-15H,2-11H2,1H3. The van der Waals surface area contributed by atoms with Gasteiger partial charge in [0.2, 0.25) is 0 Å². The Hall–Kier alpha value is -0.120. The highest BCUT2D eigenvalue weighted by Gasteiger charge is 2.41. The molecular weight excluding hydrogens is 200 g/mol. The van der Waals surface area contributed by atoms with E-state index in [0.29, 0.717) is 5.41 Å². The van der Waals surface area contributed by atoms with Gasteiger partial charge >= 0.3 is 0 Å². The van der Waals surface area contributed by atoms with Crippen molar-refractivity contribution in [1.29, 1.82) is 0 Å². The first kappa shape index (κ1) is 12.3. The summed E-state index contributed by atoms with van der Waals surface area (Å²) in [7, 11) is 2.06. The van der Waals surface area contributed by atoms with E-state index in [-0.39, 0.29) is 0 Å². The molecular formula is C13H26N2O. The monoisotopic (exact) mass is 226 g/mol. The van der Waals surface area contributed by atoms with E-state index < -0.39 is 0 Å². The third-order valence-corrected chi connectivity index (χ3v) is 4.08. The first-order chi connectivity index (χ1) is 7.85. The maximum absolute atomic E-state index is 5.37. The maximum atomic E-state index is 5.37. The van der Waals surface area contributed by atoms with Crippen LogP contribution in [0, 0.1) is 11.3 Å². The van der Waals surface area contributed by atoms with Crippen molar-refractivity contribution in [1.82, 2.24) is 10.6 Å². The van der Waals surface area contributed by atoms with Crippen LogP contribution in [0.4, 0.5) is 0 Å². The van der Waals surface area contributed by atoms with Crippen molar-refractivity contribution < 1.29 is 4.74 Å². The molecule has 2 rings (SSSR count). The van der Waals surface area contributed by atoms with Crippen LogP contribution in [0.3, 0.4) is 0 Å². The quantitative estimate of drug-likeness (QED) is 0.644. The molecule has 0 aromatic heterocycles. The van der Waals surface area contributed by atoms with Gasteiger partial charge in [0, 0.05) is 26.3 Å². The van der Waals surface area contributed by atoms with Crippen LogP contribution in [0.25, 0.3) is 0 Å². The highest BCUT2D eigenvalue weighted by molar-refractivity contribution is 4.96. The Bertz CT molecular complexity index is 198. The highest BCUT2D eigenvalue weighted by atomic mass is 16.5. The second-order valence-electron chi connectivity index (χ2n) is 5.55. The van der Waals surface area contributed by atoms with Gasteiger partial charge in [0.05, 0.1) is 0 Å². The summed E-state index contributed by atoms with van der Waals surface area (Å²) >= 11 is 0. The molecule has 3 nitrogen and oxygen atoms in total. The fourth-order valence-electron chi connectivity index (χ4n) is 2.66. The zero-order valence-electron chi connectivity index (χ0n) is 10.6. The van der Waals surface area contributed by atoms with E-state index in [2.05, 4.69) is 17.7 Å². The topological polar surface area (TPSA) is 33.3 Å². The van der Waals surface area contributed by atoms with Gasteiger partial charge in [0.25, 0.3) is 0 Å². The zero-order valence-corrected chi connectivity index (χ0v) is 10.6. The summed E-state index contributed by atoms with van der Waals surface area (Å²) < 4.78 is 5.37. The molecule has 3 heteroatoms. The molecule has 1 heterocycles. The molecule has 1 saturated heterocycles. The smallest absolute Gasteiger partial charge is 0.0468 e. The van der Waals surface area contributed by atoms with Gasteiger partial charge in [-0.15, -0.1) is 0 Å². The Balaban J connectivity index is 1.51. The molecule has 1 saturated carbocycles. The molecule has 0 bridgehead atoms. The molecule has 0 unspecified atom stereocenters. The molecule has 94 valence electrons. The van der Waals surface area contributed by atoms with Crippen molar-refractivity contribution in [2.75, 3.05) is 39.9 Å². The third-order valence-electron chi connectivity index (χ3n) is 4.08. The lowest BCUT2D eigenvalue weighted by molar-refractivity contribution is 0.0639. The summed E-state index contributed by atoms with van der Waals surface area (Å²) in [5.74, 6) is 0.903. The Labute approximate surface area is 99.3 Å². The molecule has 0 aromatic rings. The minimum atomic E-state index is 0.602. The van der Waals surface area contributed by atoms with Gasteiger partial charge in [-0.25, -0.2) is 0 Å². The predicted molar refractivity (Wildman–Crippen MR) is 66.6 cm³/mol. The van der Waals surface area contributed by atoms with E-state index >= 15 is 0 Å². The van der Waals surface area contributed by atoms with Gasteiger partial charge in [0.1, 0.15) is 0 Å². The normalized spacial score (nSPS) is 24.6. The lowest BCUT2D eigenvalue weighted by atomic mass is 9.96. The van der Waals surface area contributed by atoms with Crippen LogP contribution in [0.1, 0.15) is 32.1 Å². The minimum Gasteiger partial charge on any atom is -0.381 e. The first-order valence-electron chi connectivity index (χ1n) is 6.78. The Morgan fingerprint density at radius 1 is 1.19 bits per heavy atom. The van der Waals surface area contributed by atoms with Crippen molar-refractivity contribution in [2.45, 2.75) is 32.1 Å². The fourth-order valence-corrected chi connectivity index (χ4v) is 2.66. The van der Waals surface area contributed by atoms with E-state index in [9.17, 15) is 0 Å². The highest BCUT2D eigenvalue weighted by Crippen LogP contribution is 2.44. The maximum Gasteiger partial charge on any atom is 0.0468 e. The van der Waals surface area contributed by atoms with Gasteiger partial charge in [-0.05, 0) is 57.0 Å². The number of rotatable bonds is 7. The fraction of sp³-hybridized carbons (Fsp3) is 1.00. The van der Waals surface area contributed by atoms with E-state index in [1.54, 1.807) is 0 Å².